The quantitative estimate of drug-likeness (QED) is 0.761. The van der Waals surface area contributed by atoms with Crippen molar-refractivity contribution in [3.63, 3.8) is 0 Å². The summed E-state index contributed by atoms with van der Waals surface area (Å²) in [7, 11) is 0. The van der Waals surface area contributed by atoms with Gasteiger partial charge >= 0.3 is 0 Å². The minimum Gasteiger partial charge on any atom is -0.373 e. The van der Waals surface area contributed by atoms with Crippen LogP contribution in [-0.4, -0.2) is 49.8 Å². The summed E-state index contributed by atoms with van der Waals surface area (Å²) in [6.45, 7) is 15.8. The standard InChI is InChI=1S/C18H36N2O/c1-5-9-19-13-18(8-6-7-16(2)12-18)15-20-10-11-21-17(3,4)14-20/h16,19H,5-15H2,1-4H3. The van der Waals surface area contributed by atoms with E-state index in [0.717, 1.165) is 32.2 Å². The predicted molar refractivity (Wildman–Crippen MR) is 89.7 cm³/mol. The van der Waals surface area contributed by atoms with Crippen molar-refractivity contribution in [2.75, 3.05) is 39.3 Å². The van der Waals surface area contributed by atoms with E-state index in [9.17, 15) is 0 Å². The number of nitrogens with zero attached hydrogens (tertiary/aromatic N) is 1. The van der Waals surface area contributed by atoms with Gasteiger partial charge in [0, 0.05) is 26.2 Å². The lowest BCUT2D eigenvalue weighted by molar-refractivity contribution is -0.0975. The lowest BCUT2D eigenvalue weighted by Crippen LogP contribution is -2.54. The van der Waals surface area contributed by atoms with E-state index in [0.29, 0.717) is 5.41 Å². The van der Waals surface area contributed by atoms with Crippen LogP contribution in [0, 0.1) is 11.3 Å². The number of rotatable bonds is 6. The van der Waals surface area contributed by atoms with Crippen molar-refractivity contribution < 1.29 is 4.74 Å². The third-order valence-electron chi connectivity index (χ3n) is 5.18. The molecule has 0 aromatic heterocycles. The van der Waals surface area contributed by atoms with Crippen molar-refractivity contribution in [2.24, 2.45) is 11.3 Å². The fourth-order valence-corrected chi connectivity index (χ4v) is 4.38. The van der Waals surface area contributed by atoms with Crippen LogP contribution in [0.2, 0.25) is 0 Å². The summed E-state index contributed by atoms with van der Waals surface area (Å²) < 4.78 is 5.88. The van der Waals surface area contributed by atoms with Crippen LogP contribution >= 0.6 is 0 Å². The third-order valence-corrected chi connectivity index (χ3v) is 5.18. The van der Waals surface area contributed by atoms with E-state index in [1.165, 1.54) is 45.2 Å². The molecule has 2 unspecified atom stereocenters. The van der Waals surface area contributed by atoms with Gasteiger partial charge in [-0.3, -0.25) is 4.90 Å². The Morgan fingerprint density at radius 1 is 1.33 bits per heavy atom. The largest absolute Gasteiger partial charge is 0.373 e. The van der Waals surface area contributed by atoms with Crippen LogP contribution in [0.4, 0.5) is 0 Å². The second-order valence-electron chi connectivity index (χ2n) is 8.20. The molecule has 1 saturated carbocycles. The van der Waals surface area contributed by atoms with Gasteiger partial charge in [0.25, 0.3) is 0 Å². The zero-order chi connectivity index (χ0) is 15.3. The first-order chi connectivity index (χ1) is 9.95. The fraction of sp³-hybridized carbons (Fsp3) is 1.00. The maximum atomic E-state index is 5.88. The number of nitrogens with one attached hydrogen (secondary N) is 1. The molecule has 21 heavy (non-hydrogen) atoms. The monoisotopic (exact) mass is 296 g/mol. The zero-order valence-corrected chi connectivity index (χ0v) is 14.7. The topological polar surface area (TPSA) is 24.5 Å². The zero-order valence-electron chi connectivity index (χ0n) is 14.7. The van der Waals surface area contributed by atoms with Crippen molar-refractivity contribution in [2.45, 2.75) is 65.4 Å². The Morgan fingerprint density at radius 2 is 2.14 bits per heavy atom. The molecule has 0 radical (unpaired) electrons. The van der Waals surface area contributed by atoms with Gasteiger partial charge in [0.15, 0.2) is 0 Å². The molecule has 3 nitrogen and oxygen atoms in total. The highest BCUT2D eigenvalue weighted by Gasteiger charge is 2.38. The number of ether oxygens (including phenoxy) is 1. The summed E-state index contributed by atoms with van der Waals surface area (Å²) in [5, 5.41) is 3.72. The number of hydrogen-bond donors (Lipinski definition) is 1. The smallest absolute Gasteiger partial charge is 0.0753 e. The maximum Gasteiger partial charge on any atom is 0.0753 e. The van der Waals surface area contributed by atoms with Crippen molar-refractivity contribution in [1.29, 1.82) is 0 Å². The lowest BCUT2D eigenvalue weighted by atomic mass is 9.69. The Hall–Kier alpha value is -0.120. The molecular formula is C18H36N2O. The Morgan fingerprint density at radius 3 is 2.81 bits per heavy atom. The van der Waals surface area contributed by atoms with Gasteiger partial charge in [-0.2, -0.15) is 0 Å². The maximum absolute atomic E-state index is 5.88. The predicted octanol–water partition coefficient (Wildman–Crippen LogP) is 3.29. The van der Waals surface area contributed by atoms with E-state index in [1.807, 2.05) is 0 Å². The van der Waals surface area contributed by atoms with Gasteiger partial charge in [-0.15, -0.1) is 0 Å². The Balaban J connectivity index is 1.97. The summed E-state index contributed by atoms with van der Waals surface area (Å²) in [4.78, 5) is 2.66. The number of morpholine rings is 1. The van der Waals surface area contributed by atoms with E-state index in [-0.39, 0.29) is 5.60 Å². The Kier molecular flexibility index (Phi) is 6.10. The van der Waals surface area contributed by atoms with Gasteiger partial charge in [-0.05, 0) is 51.0 Å². The van der Waals surface area contributed by atoms with E-state index < -0.39 is 0 Å². The first-order valence-electron chi connectivity index (χ1n) is 9.02. The molecular weight excluding hydrogens is 260 g/mol. The molecule has 1 saturated heterocycles. The van der Waals surface area contributed by atoms with Crippen molar-refractivity contribution >= 4 is 0 Å². The van der Waals surface area contributed by atoms with Crippen LogP contribution in [0.5, 0.6) is 0 Å². The van der Waals surface area contributed by atoms with E-state index in [2.05, 4.69) is 37.9 Å². The summed E-state index contributed by atoms with van der Waals surface area (Å²) in [5.74, 6) is 0.885. The number of hydrogen-bond acceptors (Lipinski definition) is 3. The van der Waals surface area contributed by atoms with Gasteiger partial charge < -0.3 is 10.1 Å². The molecule has 1 aliphatic carbocycles. The first kappa shape index (κ1) is 17.2. The highest BCUT2D eigenvalue weighted by Crippen LogP contribution is 2.40. The average molecular weight is 296 g/mol. The van der Waals surface area contributed by atoms with Crippen LogP contribution in [0.15, 0.2) is 0 Å². The normalized spacial score (nSPS) is 34.0. The van der Waals surface area contributed by atoms with Crippen LogP contribution in [0.1, 0.15) is 59.8 Å². The summed E-state index contributed by atoms with van der Waals surface area (Å²) in [6.07, 6.45) is 6.84. The van der Waals surface area contributed by atoms with Crippen LogP contribution in [-0.2, 0) is 4.74 Å². The van der Waals surface area contributed by atoms with Crippen molar-refractivity contribution in [1.82, 2.24) is 10.2 Å². The molecule has 2 atom stereocenters. The summed E-state index contributed by atoms with van der Waals surface area (Å²) in [5.41, 5.74) is 0.511. The fourth-order valence-electron chi connectivity index (χ4n) is 4.38. The molecule has 0 spiro atoms. The molecule has 1 heterocycles. The molecule has 0 amide bonds. The van der Waals surface area contributed by atoms with Gasteiger partial charge in [-0.25, -0.2) is 0 Å². The van der Waals surface area contributed by atoms with Gasteiger partial charge in [0.1, 0.15) is 0 Å². The second kappa shape index (κ2) is 7.43. The van der Waals surface area contributed by atoms with Gasteiger partial charge in [0.05, 0.1) is 12.2 Å². The minimum atomic E-state index is 0.0244. The molecule has 1 aliphatic heterocycles. The summed E-state index contributed by atoms with van der Waals surface area (Å²) in [6, 6.07) is 0. The second-order valence-corrected chi connectivity index (χ2v) is 8.20. The molecule has 2 aliphatic rings. The molecule has 0 bridgehead atoms. The molecule has 3 heteroatoms. The van der Waals surface area contributed by atoms with Crippen LogP contribution < -0.4 is 5.32 Å². The molecule has 124 valence electrons. The lowest BCUT2D eigenvalue weighted by Gasteiger charge is -2.47. The Labute approximate surface area is 131 Å². The molecule has 0 aromatic carbocycles. The molecule has 0 aromatic rings. The average Bonchev–Trinajstić information content (AvgIpc) is 2.37. The van der Waals surface area contributed by atoms with E-state index in [4.69, 9.17) is 4.74 Å². The van der Waals surface area contributed by atoms with Crippen molar-refractivity contribution in [3.05, 3.63) is 0 Å². The Bertz CT molecular complexity index is 318. The van der Waals surface area contributed by atoms with Crippen LogP contribution in [0.3, 0.4) is 0 Å². The minimum absolute atomic E-state index is 0.0244. The highest BCUT2D eigenvalue weighted by atomic mass is 16.5. The molecule has 2 rings (SSSR count). The van der Waals surface area contributed by atoms with Crippen molar-refractivity contribution in [3.8, 4) is 0 Å². The molecule has 2 fully saturated rings. The van der Waals surface area contributed by atoms with Gasteiger partial charge in [-0.1, -0.05) is 26.7 Å². The first-order valence-corrected chi connectivity index (χ1v) is 9.02. The summed E-state index contributed by atoms with van der Waals surface area (Å²) >= 11 is 0. The highest BCUT2D eigenvalue weighted by molar-refractivity contribution is 4.92. The van der Waals surface area contributed by atoms with Crippen LogP contribution in [0.25, 0.3) is 0 Å². The molecule has 1 N–H and O–H groups in total. The SMILES string of the molecule is CCCNCC1(CN2CCOC(C)(C)C2)CCCC(C)C1. The third kappa shape index (κ3) is 5.22. The van der Waals surface area contributed by atoms with E-state index >= 15 is 0 Å². The van der Waals surface area contributed by atoms with Gasteiger partial charge in [0.2, 0.25) is 0 Å². The van der Waals surface area contributed by atoms with E-state index in [1.54, 1.807) is 0 Å².